The lowest BCUT2D eigenvalue weighted by Gasteiger charge is -2.19. The topological polar surface area (TPSA) is 79.2 Å². The first kappa shape index (κ1) is 18.0. The Balaban J connectivity index is 2.55. The van der Waals surface area contributed by atoms with E-state index in [4.69, 9.17) is 21.6 Å². The van der Waals surface area contributed by atoms with Gasteiger partial charge in [0.05, 0.1) is 12.5 Å². The predicted octanol–water partition coefficient (Wildman–Crippen LogP) is 3.14. The highest BCUT2D eigenvalue weighted by Crippen LogP contribution is 2.22. The van der Waals surface area contributed by atoms with Crippen LogP contribution >= 0.6 is 11.6 Å². The lowest BCUT2D eigenvalue weighted by molar-refractivity contribution is -0.155. The number of rotatable bonds is 5. The van der Waals surface area contributed by atoms with Gasteiger partial charge in [0.2, 0.25) is 5.91 Å². The van der Waals surface area contributed by atoms with Crippen molar-refractivity contribution in [3.63, 3.8) is 0 Å². The third-order valence-electron chi connectivity index (χ3n) is 2.63. The lowest BCUT2D eigenvalue weighted by atomic mass is 10.1. The number of nitrogens with zero attached hydrogens (tertiary/aromatic N) is 1. The summed E-state index contributed by atoms with van der Waals surface area (Å²) in [6.07, 6.45) is -0.0820. The zero-order valence-electron chi connectivity index (χ0n) is 12.9. The van der Waals surface area contributed by atoms with Crippen molar-refractivity contribution < 1.29 is 14.3 Å². The highest BCUT2D eigenvalue weighted by Gasteiger charge is 2.19. The van der Waals surface area contributed by atoms with Gasteiger partial charge in [-0.3, -0.25) is 9.59 Å². The Morgan fingerprint density at radius 1 is 1.32 bits per heavy atom. The van der Waals surface area contributed by atoms with Crippen LogP contribution in [0.25, 0.3) is 0 Å². The molecule has 22 heavy (non-hydrogen) atoms. The van der Waals surface area contributed by atoms with E-state index in [-0.39, 0.29) is 12.8 Å². The number of nitriles is 1. The lowest BCUT2D eigenvalue weighted by Crippen LogP contribution is -2.29. The van der Waals surface area contributed by atoms with E-state index < -0.39 is 23.5 Å². The maximum Gasteiger partial charge on any atom is 0.306 e. The summed E-state index contributed by atoms with van der Waals surface area (Å²) in [6.45, 7) is 5.27. The fourth-order valence-electron chi connectivity index (χ4n) is 1.73. The molecule has 6 heteroatoms. The zero-order chi connectivity index (χ0) is 16.8. The molecule has 0 saturated carbocycles. The fourth-order valence-corrected chi connectivity index (χ4v) is 1.97. The first-order valence-electron chi connectivity index (χ1n) is 6.88. The average molecular weight is 323 g/mol. The molecule has 118 valence electrons. The molecule has 0 spiro atoms. The monoisotopic (exact) mass is 322 g/mol. The Morgan fingerprint density at radius 3 is 2.50 bits per heavy atom. The molecule has 0 aliphatic carbocycles. The molecule has 1 aromatic rings. The number of amides is 1. The number of halogens is 1. The number of ether oxygens (including phenoxy) is 1. The van der Waals surface area contributed by atoms with Gasteiger partial charge in [-0.05, 0) is 26.8 Å². The molecular formula is C16H19ClN2O3. The van der Waals surface area contributed by atoms with Gasteiger partial charge in [0, 0.05) is 17.0 Å². The van der Waals surface area contributed by atoms with Crippen LogP contribution in [0.4, 0.5) is 0 Å². The molecule has 0 aromatic heterocycles. The Morgan fingerprint density at radius 2 is 1.95 bits per heavy atom. The third kappa shape index (κ3) is 6.15. The van der Waals surface area contributed by atoms with E-state index in [9.17, 15) is 9.59 Å². The van der Waals surface area contributed by atoms with Crippen molar-refractivity contribution in [1.82, 2.24) is 5.32 Å². The SMILES string of the molecule is CC(C)(C)OC(=O)CCC(=O)N[C@H](C#N)c1ccccc1Cl. The Hall–Kier alpha value is -2.06. The summed E-state index contributed by atoms with van der Waals surface area (Å²) in [5.41, 5.74) is -0.0578. The van der Waals surface area contributed by atoms with Crippen LogP contribution in [-0.2, 0) is 14.3 Å². The summed E-state index contributed by atoms with van der Waals surface area (Å²) in [6, 6.07) is 7.93. The molecule has 0 radical (unpaired) electrons. The standard InChI is InChI=1S/C16H19ClN2O3/c1-16(2,3)22-15(21)9-8-14(20)19-13(10-18)11-6-4-5-7-12(11)17/h4-7,13H,8-9H2,1-3H3,(H,19,20)/t13-/m1/s1. The third-order valence-corrected chi connectivity index (χ3v) is 2.97. The van der Waals surface area contributed by atoms with Crippen LogP contribution < -0.4 is 5.32 Å². The fraction of sp³-hybridized carbons (Fsp3) is 0.438. The zero-order valence-corrected chi connectivity index (χ0v) is 13.6. The number of hydrogen-bond donors (Lipinski definition) is 1. The largest absolute Gasteiger partial charge is 0.460 e. The van der Waals surface area contributed by atoms with Crippen molar-refractivity contribution in [1.29, 1.82) is 5.26 Å². The molecule has 5 nitrogen and oxygen atoms in total. The molecule has 0 saturated heterocycles. The van der Waals surface area contributed by atoms with Gasteiger partial charge in [0.25, 0.3) is 0 Å². The first-order chi connectivity index (χ1) is 10.2. The van der Waals surface area contributed by atoms with Gasteiger partial charge in [-0.1, -0.05) is 29.8 Å². The summed E-state index contributed by atoms with van der Waals surface area (Å²) in [5, 5.41) is 12.1. The van der Waals surface area contributed by atoms with Gasteiger partial charge < -0.3 is 10.1 Å². The van der Waals surface area contributed by atoms with Crippen molar-refractivity contribution >= 4 is 23.5 Å². The van der Waals surface area contributed by atoms with Crippen molar-refractivity contribution in [2.45, 2.75) is 45.3 Å². The van der Waals surface area contributed by atoms with E-state index in [0.29, 0.717) is 10.6 Å². The summed E-state index contributed by atoms with van der Waals surface area (Å²) in [4.78, 5) is 23.4. The van der Waals surface area contributed by atoms with Gasteiger partial charge >= 0.3 is 5.97 Å². The van der Waals surface area contributed by atoms with Crippen LogP contribution in [0, 0.1) is 11.3 Å². The Labute approximate surface area is 135 Å². The second-order valence-electron chi connectivity index (χ2n) is 5.74. The van der Waals surface area contributed by atoms with E-state index in [1.54, 1.807) is 45.0 Å². The molecular weight excluding hydrogens is 304 g/mol. The second kappa shape index (κ2) is 7.81. The molecule has 0 fully saturated rings. The van der Waals surface area contributed by atoms with E-state index in [0.717, 1.165) is 0 Å². The van der Waals surface area contributed by atoms with E-state index in [1.807, 2.05) is 6.07 Å². The van der Waals surface area contributed by atoms with Crippen molar-refractivity contribution in [2.24, 2.45) is 0 Å². The van der Waals surface area contributed by atoms with Crippen LogP contribution in [0.1, 0.15) is 45.2 Å². The number of hydrogen-bond acceptors (Lipinski definition) is 4. The Bertz CT molecular complexity index is 588. The number of esters is 1. The maximum atomic E-state index is 11.9. The van der Waals surface area contributed by atoms with Crippen LogP contribution in [0.5, 0.6) is 0 Å². The predicted molar refractivity (Wildman–Crippen MR) is 83.0 cm³/mol. The number of nitrogens with one attached hydrogen (secondary N) is 1. The molecule has 1 rings (SSSR count). The molecule has 1 amide bonds. The summed E-state index contributed by atoms with van der Waals surface area (Å²) in [7, 11) is 0. The molecule has 0 aliphatic heterocycles. The molecule has 0 unspecified atom stereocenters. The van der Waals surface area contributed by atoms with Gasteiger partial charge in [-0.2, -0.15) is 5.26 Å². The minimum absolute atomic E-state index is 0.0379. The number of benzene rings is 1. The van der Waals surface area contributed by atoms with E-state index in [1.165, 1.54) is 0 Å². The second-order valence-corrected chi connectivity index (χ2v) is 6.14. The van der Waals surface area contributed by atoms with Crippen molar-refractivity contribution in [3.05, 3.63) is 34.9 Å². The molecule has 1 aromatic carbocycles. The maximum absolute atomic E-state index is 11.9. The quantitative estimate of drug-likeness (QED) is 0.844. The van der Waals surface area contributed by atoms with Crippen molar-refractivity contribution in [3.8, 4) is 6.07 Å². The first-order valence-corrected chi connectivity index (χ1v) is 7.26. The molecule has 0 heterocycles. The van der Waals surface area contributed by atoms with Crippen LogP contribution in [0.2, 0.25) is 5.02 Å². The van der Waals surface area contributed by atoms with E-state index >= 15 is 0 Å². The van der Waals surface area contributed by atoms with Crippen LogP contribution in [0.15, 0.2) is 24.3 Å². The highest BCUT2D eigenvalue weighted by atomic mass is 35.5. The summed E-state index contributed by atoms with van der Waals surface area (Å²) >= 11 is 6.00. The highest BCUT2D eigenvalue weighted by molar-refractivity contribution is 6.31. The van der Waals surface area contributed by atoms with Gasteiger partial charge in [-0.25, -0.2) is 0 Å². The van der Waals surface area contributed by atoms with Gasteiger partial charge in [0.15, 0.2) is 0 Å². The Kier molecular flexibility index (Phi) is 6.39. The van der Waals surface area contributed by atoms with Crippen molar-refractivity contribution in [2.75, 3.05) is 0 Å². The van der Waals surface area contributed by atoms with Crippen LogP contribution in [-0.4, -0.2) is 17.5 Å². The summed E-state index contributed by atoms with van der Waals surface area (Å²) < 4.78 is 5.12. The van der Waals surface area contributed by atoms with Crippen LogP contribution in [0.3, 0.4) is 0 Å². The molecule has 1 atom stereocenters. The normalized spacial score (nSPS) is 12.1. The van der Waals surface area contributed by atoms with Gasteiger partial charge in [0.1, 0.15) is 11.6 Å². The minimum Gasteiger partial charge on any atom is -0.460 e. The molecule has 0 bridgehead atoms. The molecule has 0 aliphatic rings. The summed E-state index contributed by atoms with van der Waals surface area (Å²) in [5.74, 6) is -0.855. The minimum atomic E-state index is -0.847. The van der Waals surface area contributed by atoms with Gasteiger partial charge in [-0.15, -0.1) is 0 Å². The number of carbonyl (C=O) groups excluding carboxylic acids is 2. The smallest absolute Gasteiger partial charge is 0.306 e. The molecule has 1 N–H and O–H groups in total. The van der Waals surface area contributed by atoms with E-state index in [2.05, 4.69) is 5.32 Å². The average Bonchev–Trinajstić information content (AvgIpc) is 2.41. The number of carbonyl (C=O) groups is 2.